The first-order valence-electron chi connectivity index (χ1n) is 5.16. The SMILES string of the molecule is Cc1cc(C)nc(NC(=O)c2cnc(Cl)cn2)n1. The van der Waals surface area contributed by atoms with Gasteiger partial charge < -0.3 is 0 Å². The lowest BCUT2D eigenvalue weighted by molar-refractivity contribution is 0.102. The van der Waals surface area contributed by atoms with Crippen LogP contribution in [0.5, 0.6) is 0 Å². The van der Waals surface area contributed by atoms with Crippen LogP contribution >= 0.6 is 11.6 Å². The standard InChI is InChI=1S/C11H10ClN5O/c1-6-3-7(2)16-11(15-6)17-10(18)8-4-14-9(12)5-13-8/h3-5H,1-2H3,(H,15,16,17,18). The molecule has 2 heterocycles. The van der Waals surface area contributed by atoms with E-state index in [1.807, 2.05) is 19.9 Å². The van der Waals surface area contributed by atoms with Crippen molar-refractivity contribution in [1.82, 2.24) is 19.9 Å². The van der Waals surface area contributed by atoms with E-state index in [4.69, 9.17) is 11.6 Å². The third-order valence-electron chi connectivity index (χ3n) is 2.06. The lowest BCUT2D eigenvalue weighted by Crippen LogP contribution is -2.16. The maximum absolute atomic E-state index is 11.8. The molecular formula is C11H10ClN5O. The van der Waals surface area contributed by atoms with Crippen LogP contribution in [0.15, 0.2) is 18.5 Å². The van der Waals surface area contributed by atoms with E-state index in [0.29, 0.717) is 0 Å². The van der Waals surface area contributed by atoms with Crippen molar-refractivity contribution < 1.29 is 4.79 Å². The van der Waals surface area contributed by atoms with Crippen LogP contribution in [-0.4, -0.2) is 25.8 Å². The fraction of sp³-hybridized carbons (Fsp3) is 0.182. The zero-order valence-corrected chi connectivity index (χ0v) is 10.6. The quantitative estimate of drug-likeness (QED) is 0.893. The van der Waals surface area contributed by atoms with Crippen LogP contribution in [0, 0.1) is 13.8 Å². The molecule has 18 heavy (non-hydrogen) atoms. The average molecular weight is 264 g/mol. The number of carbonyl (C=O) groups excluding carboxylic acids is 1. The first-order valence-corrected chi connectivity index (χ1v) is 5.53. The molecule has 1 amide bonds. The van der Waals surface area contributed by atoms with E-state index in [-0.39, 0.29) is 16.8 Å². The van der Waals surface area contributed by atoms with Gasteiger partial charge in [0.15, 0.2) is 0 Å². The summed E-state index contributed by atoms with van der Waals surface area (Å²) >= 11 is 5.59. The molecule has 92 valence electrons. The number of anilines is 1. The summed E-state index contributed by atoms with van der Waals surface area (Å²) in [5.41, 5.74) is 1.71. The van der Waals surface area contributed by atoms with Crippen molar-refractivity contribution in [2.75, 3.05) is 5.32 Å². The number of nitrogens with one attached hydrogen (secondary N) is 1. The molecule has 0 radical (unpaired) electrons. The predicted octanol–water partition coefficient (Wildman–Crippen LogP) is 1.79. The van der Waals surface area contributed by atoms with E-state index in [2.05, 4.69) is 25.3 Å². The van der Waals surface area contributed by atoms with Crippen LogP contribution in [0.1, 0.15) is 21.9 Å². The minimum Gasteiger partial charge on any atom is -0.289 e. The lowest BCUT2D eigenvalue weighted by atomic mass is 10.3. The predicted molar refractivity (Wildman–Crippen MR) is 66.5 cm³/mol. The van der Waals surface area contributed by atoms with Gasteiger partial charge in [-0.15, -0.1) is 0 Å². The van der Waals surface area contributed by atoms with Crippen LogP contribution in [0.25, 0.3) is 0 Å². The minimum atomic E-state index is -0.427. The molecule has 0 aliphatic rings. The molecular weight excluding hydrogens is 254 g/mol. The summed E-state index contributed by atoms with van der Waals surface area (Å²) in [5.74, 6) is -0.182. The first-order chi connectivity index (χ1) is 8.54. The number of rotatable bonds is 2. The molecule has 6 nitrogen and oxygen atoms in total. The molecule has 0 fully saturated rings. The second kappa shape index (κ2) is 5.05. The topological polar surface area (TPSA) is 80.7 Å². The first kappa shape index (κ1) is 12.4. The van der Waals surface area contributed by atoms with Gasteiger partial charge >= 0.3 is 0 Å². The van der Waals surface area contributed by atoms with E-state index in [9.17, 15) is 4.79 Å². The number of hydrogen-bond donors (Lipinski definition) is 1. The molecule has 0 unspecified atom stereocenters. The van der Waals surface area contributed by atoms with E-state index in [0.717, 1.165) is 11.4 Å². The van der Waals surface area contributed by atoms with E-state index in [1.165, 1.54) is 12.4 Å². The maximum Gasteiger partial charge on any atom is 0.278 e. The Hall–Kier alpha value is -2.08. The van der Waals surface area contributed by atoms with Crippen molar-refractivity contribution in [3.8, 4) is 0 Å². The summed E-state index contributed by atoms with van der Waals surface area (Å²) in [6.07, 6.45) is 2.60. The molecule has 0 aromatic carbocycles. The Kier molecular flexibility index (Phi) is 3.47. The lowest BCUT2D eigenvalue weighted by Gasteiger charge is -2.04. The Morgan fingerprint density at radius 2 is 1.83 bits per heavy atom. The van der Waals surface area contributed by atoms with Crippen molar-refractivity contribution in [3.05, 3.63) is 40.7 Å². The summed E-state index contributed by atoms with van der Waals surface area (Å²) in [5, 5.41) is 2.78. The smallest absolute Gasteiger partial charge is 0.278 e. The van der Waals surface area contributed by atoms with Crippen molar-refractivity contribution in [2.24, 2.45) is 0 Å². The van der Waals surface area contributed by atoms with Crippen LogP contribution < -0.4 is 5.32 Å². The molecule has 2 aromatic rings. The Morgan fingerprint density at radius 3 is 2.39 bits per heavy atom. The van der Waals surface area contributed by atoms with Gasteiger partial charge in [0, 0.05) is 11.4 Å². The fourth-order valence-electron chi connectivity index (χ4n) is 1.38. The number of halogens is 1. The van der Waals surface area contributed by atoms with Gasteiger partial charge in [0.2, 0.25) is 5.95 Å². The summed E-state index contributed by atoms with van der Waals surface area (Å²) in [4.78, 5) is 27.6. The van der Waals surface area contributed by atoms with Gasteiger partial charge in [-0.1, -0.05) is 11.6 Å². The van der Waals surface area contributed by atoms with Gasteiger partial charge in [-0.2, -0.15) is 0 Å². The number of aromatic nitrogens is 4. The zero-order chi connectivity index (χ0) is 13.1. The number of hydrogen-bond acceptors (Lipinski definition) is 5. The number of nitrogens with zero attached hydrogens (tertiary/aromatic N) is 4. The van der Waals surface area contributed by atoms with Crippen molar-refractivity contribution in [3.63, 3.8) is 0 Å². The van der Waals surface area contributed by atoms with Gasteiger partial charge in [-0.3, -0.25) is 10.1 Å². The Labute approximate surface area is 108 Å². The zero-order valence-electron chi connectivity index (χ0n) is 9.81. The second-order valence-electron chi connectivity index (χ2n) is 3.65. The minimum absolute atomic E-state index is 0.155. The summed E-state index contributed by atoms with van der Waals surface area (Å²) in [6.45, 7) is 3.65. The molecule has 0 spiro atoms. The molecule has 1 N–H and O–H groups in total. The third-order valence-corrected chi connectivity index (χ3v) is 2.26. The molecule has 0 aliphatic carbocycles. The van der Waals surface area contributed by atoms with Crippen LogP contribution in [0.4, 0.5) is 5.95 Å². The molecule has 0 aliphatic heterocycles. The largest absolute Gasteiger partial charge is 0.289 e. The monoisotopic (exact) mass is 263 g/mol. The molecule has 7 heteroatoms. The van der Waals surface area contributed by atoms with E-state index < -0.39 is 5.91 Å². The van der Waals surface area contributed by atoms with Crippen LogP contribution in [0.3, 0.4) is 0 Å². The number of carbonyl (C=O) groups is 1. The highest BCUT2D eigenvalue weighted by molar-refractivity contribution is 6.29. The highest BCUT2D eigenvalue weighted by Gasteiger charge is 2.10. The van der Waals surface area contributed by atoms with Gasteiger partial charge in [-0.25, -0.2) is 19.9 Å². The van der Waals surface area contributed by atoms with Gasteiger partial charge in [0.05, 0.1) is 12.4 Å². The molecule has 2 aromatic heterocycles. The summed E-state index contributed by atoms with van der Waals surface area (Å²) in [6, 6.07) is 1.82. The Balaban J connectivity index is 2.18. The molecule has 0 atom stereocenters. The Bertz CT molecular complexity index is 564. The molecule has 0 bridgehead atoms. The average Bonchev–Trinajstić information content (AvgIpc) is 2.28. The number of amides is 1. The second-order valence-corrected chi connectivity index (χ2v) is 4.04. The van der Waals surface area contributed by atoms with E-state index >= 15 is 0 Å². The fourth-order valence-corrected chi connectivity index (χ4v) is 1.47. The van der Waals surface area contributed by atoms with Crippen LogP contribution in [0.2, 0.25) is 5.15 Å². The van der Waals surface area contributed by atoms with Crippen LogP contribution in [-0.2, 0) is 0 Å². The highest BCUT2D eigenvalue weighted by Crippen LogP contribution is 2.06. The summed E-state index contributed by atoms with van der Waals surface area (Å²) < 4.78 is 0. The van der Waals surface area contributed by atoms with Crippen molar-refractivity contribution in [2.45, 2.75) is 13.8 Å². The van der Waals surface area contributed by atoms with Crippen molar-refractivity contribution in [1.29, 1.82) is 0 Å². The van der Waals surface area contributed by atoms with Gasteiger partial charge in [0.1, 0.15) is 10.8 Å². The van der Waals surface area contributed by atoms with Gasteiger partial charge in [-0.05, 0) is 19.9 Å². The van der Waals surface area contributed by atoms with Gasteiger partial charge in [0.25, 0.3) is 5.91 Å². The number of aryl methyl sites for hydroxylation is 2. The maximum atomic E-state index is 11.8. The molecule has 0 saturated carbocycles. The highest BCUT2D eigenvalue weighted by atomic mass is 35.5. The molecule has 0 saturated heterocycles. The van der Waals surface area contributed by atoms with Crippen molar-refractivity contribution >= 4 is 23.5 Å². The normalized spacial score (nSPS) is 10.2. The Morgan fingerprint density at radius 1 is 1.17 bits per heavy atom. The van der Waals surface area contributed by atoms with E-state index in [1.54, 1.807) is 0 Å². The third kappa shape index (κ3) is 2.98. The summed E-state index contributed by atoms with van der Waals surface area (Å²) in [7, 11) is 0. The molecule has 2 rings (SSSR count).